The van der Waals surface area contributed by atoms with Crippen molar-refractivity contribution in [2.45, 2.75) is 39.8 Å². The third-order valence-corrected chi connectivity index (χ3v) is 6.52. The van der Waals surface area contributed by atoms with Crippen molar-refractivity contribution in [2.75, 3.05) is 12.0 Å². The van der Waals surface area contributed by atoms with Crippen molar-refractivity contribution < 1.29 is 24.2 Å². The number of aliphatic hydroxyl groups excluding tert-OH is 1. The predicted molar refractivity (Wildman–Crippen MR) is 141 cm³/mol. The summed E-state index contributed by atoms with van der Waals surface area (Å²) in [6.45, 7) is 7.75. The molecule has 0 radical (unpaired) electrons. The average Bonchev–Trinajstić information content (AvgIpc) is 3.11. The third-order valence-electron chi connectivity index (χ3n) is 6.19. The number of carbonyl (C=O) groups is 2. The van der Waals surface area contributed by atoms with Gasteiger partial charge in [-0.05, 0) is 86.8 Å². The van der Waals surface area contributed by atoms with Crippen LogP contribution in [0, 0.1) is 13.8 Å². The molecule has 1 atom stereocenters. The lowest BCUT2D eigenvalue weighted by Gasteiger charge is -2.26. The third kappa shape index (κ3) is 4.69. The van der Waals surface area contributed by atoms with Crippen LogP contribution in [0.15, 0.2) is 66.2 Å². The highest BCUT2D eigenvalue weighted by molar-refractivity contribution is 6.52. The normalized spacial score (nSPS) is 17.1. The summed E-state index contributed by atoms with van der Waals surface area (Å²) in [5.41, 5.74) is 3.34. The predicted octanol–water partition coefficient (Wildman–Crippen LogP) is 6.38. The van der Waals surface area contributed by atoms with Gasteiger partial charge in [-0.3, -0.25) is 14.5 Å². The van der Waals surface area contributed by atoms with Crippen LogP contribution in [0.3, 0.4) is 0 Å². The van der Waals surface area contributed by atoms with Crippen molar-refractivity contribution in [3.05, 3.63) is 93.5 Å². The molecule has 0 saturated carbocycles. The van der Waals surface area contributed by atoms with Crippen LogP contribution in [0.5, 0.6) is 11.5 Å². The van der Waals surface area contributed by atoms with Gasteiger partial charge in [0.1, 0.15) is 17.3 Å². The number of aryl methyl sites for hydroxylation is 2. The molecule has 3 aromatic carbocycles. The largest absolute Gasteiger partial charge is 0.507 e. The first kappa shape index (κ1) is 25.3. The van der Waals surface area contributed by atoms with Crippen molar-refractivity contribution in [3.63, 3.8) is 0 Å². The van der Waals surface area contributed by atoms with E-state index >= 15 is 0 Å². The fourth-order valence-corrected chi connectivity index (χ4v) is 4.48. The van der Waals surface area contributed by atoms with Gasteiger partial charge < -0.3 is 14.6 Å². The molecule has 1 amide bonds. The number of benzene rings is 3. The van der Waals surface area contributed by atoms with Crippen LogP contribution in [0.2, 0.25) is 5.02 Å². The summed E-state index contributed by atoms with van der Waals surface area (Å²) >= 11 is 6.40. The summed E-state index contributed by atoms with van der Waals surface area (Å²) in [5.74, 6) is -0.867. The zero-order valence-electron chi connectivity index (χ0n) is 20.8. The first-order valence-electron chi connectivity index (χ1n) is 11.6. The van der Waals surface area contributed by atoms with E-state index in [0.29, 0.717) is 22.7 Å². The molecular formula is C29H28ClNO5. The standard InChI is InChI=1S/C29H28ClNO5/c1-16(2)36-22-8-6-7-19(14-22)26-25(27(32)23-15-21(35-5)11-12-24(23)30)28(33)29(34)31(26)20-10-9-17(3)18(4)13-20/h6-16,26,32H,1-5H3/b27-25+. The maximum atomic E-state index is 13.5. The minimum absolute atomic E-state index is 0.0601. The maximum absolute atomic E-state index is 13.5. The van der Waals surface area contributed by atoms with Crippen LogP contribution in [-0.4, -0.2) is 30.0 Å². The molecule has 1 saturated heterocycles. The maximum Gasteiger partial charge on any atom is 0.300 e. The first-order valence-corrected chi connectivity index (χ1v) is 12.0. The van der Waals surface area contributed by atoms with E-state index in [0.717, 1.165) is 11.1 Å². The second kappa shape index (κ2) is 10.1. The summed E-state index contributed by atoms with van der Waals surface area (Å²) in [5, 5.41) is 11.7. The van der Waals surface area contributed by atoms with Crippen LogP contribution in [0.25, 0.3) is 5.76 Å². The summed E-state index contributed by atoms with van der Waals surface area (Å²) in [7, 11) is 1.49. The van der Waals surface area contributed by atoms with E-state index in [1.165, 1.54) is 18.1 Å². The van der Waals surface area contributed by atoms with E-state index in [4.69, 9.17) is 21.1 Å². The summed E-state index contributed by atoms with van der Waals surface area (Å²) < 4.78 is 11.1. The quantitative estimate of drug-likeness (QED) is 0.239. The number of hydrogen-bond donors (Lipinski definition) is 1. The highest BCUT2D eigenvalue weighted by Crippen LogP contribution is 2.44. The Bertz CT molecular complexity index is 1380. The molecule has 4 rings (SSSR count). The smallest absolute Gasteiger partial charge is 0.300 e. The van der Waals surface area contributed by atoms with Crippen molar-refractivity contribution in [3.8, 4) is 11.5 Å². The second-order valence-corrected chi connectivity index (χ2v) is 9.43. The van der Waals surface area contributed by atoms with E-state index in [1.807, 2.05) is 45.9 Å². The molecule has 1 fully saturated rings. The molecule has 186 valence electrons. The molecule has 7 heteroatoms. The van der Waals surface area contributed by atoms with Crippen LogP contribution >= 0.6 is 11.6 Å². The molecule has 36 heavy (non-hydrogen) atoms. The Labute approximate surface area is 215 Å². The number of ketones is 1. The van der Waals surface area contributed by atoms with Crippen molar-refractivity contribution in [2.24, 2.45) is 0 Å². The number of methoxy groups -OCH3 is 1. The van der Waals surface area contributed by atoms with E-state index < -0.39 is 17.7 Å². The molecular weight excluding hydrogens is 478 g/mol. The SMILES string of the molecule is COc1ccc(Cl)c(/C(O)=C2\C(=O)C(=O)N(c3ccc(C)c(C)c3)C2c2cccc(OC(C)C)c2)c1. The molecule has 1 aliphatic heterocycles. The number of hydrogen-bond acceptors (Lipinski definition) is 5. The van der Waals surface area contributed by atoms with Crippen LogP contribution in [-0.2, 0) is 9.59 Å². The zero-order valence-corrected chi connectivity index (χ0v) is 21.6. The molecule has 1 unspecified atom stereocenters. The van der Waals surface area contributed by atoms with E-state index in [9.17, 15) is 14.7 Å². The monoisotopic (exact) mass is 505 g/mol. The molecule has 0 bridgehead atoms. The molecule has 1 N–H and O–H groups in total. The Hall–Kier alpha value is -3.77. The molecule has 1 heterocycles. The van der Waals surface area contributed by atoms with Gasteiger partial charge in [0.2, 0.25) is 0 Å². The van der Waals surface area contributed by atoms with E-state index in [-0.39, 0.29) is 28.0 Å². The topological polar surface area (TPSA) is 76.1 Å². The highest BCUT2D eigenvalue weighted by atomic mass is 35.5. The minimum Gasteiger partial charge on any atom is -0.507 e. The van der Waals surface area contributed by atoms with Crippen molar-refractivity contribution >= 4 is 34.7 Å². The van der Waals surface area contributed by atoms with E-state index in [2.05, 4.69) is 0 Å². The number of aliphatic hydroxyl groups is 1. The van der Waals surface area contributed by atoms with Gasteiger partial charge in [0.15, 0.2) is 0 Å². The molecule has 6 nitrogen and oxygen atoms in total. The van der Waals surface area contributed by atoms with Crippen LogP contribution in [0.1, 0.15) is 42.1 Å². The number of halogens is 1. The van der Waals surface area contributed by atoms with Gasteiger partial charge in [0, 0.05) is 11.3 Å². The minimum atomic E-state index is -0.898. The molecule has 0 aromatic heterocycles. The Kier molecular flexibility index (Phi) is 7.09. The van der Waals surface area contributed by atoms with Gasteiger partial charge in [0.05, 0.1) is 29.9 Å². The Morgan fingerprint density at radius 2 is 1.72 bits per heavy atom. The second-order valence-electron chi connectivity index (χ2n) is 9.02. The molecule has 1 aliphatic rings. The van der Waals surface area contributed by atoms with Crippen molar-refractivity contribution in [1.82, 2.24) is 0 Å². The number of Topliss-reactive ketones (excluding diaryl/α,β-unsaturated/α-hetero) is 1. The lowest BCUT2D eigenvalue weighted by Crippen LogP contribution is -2.29. The van der Waals surface area contributed by atoms with Crippen LogP contribution < -0.4 is 14.4 Å². The summed E-state index contributed by atoms with van der Waals surface area (Å²) in [4.78, 5) is 28.3. The summed E-state index contributed by atoms with van der Waals surface area (Å²) in [6, 6.07) is 16.6. The number of amides is 1. The number of rotatable bonds is 6. The van der Waals surface area contributed by atoms with Gasteiger partial charge in [-0.25, -0.2) is 0 Å². The Morgan fingerprint density at radius 1 is 0.972 bits per heavy atom. The number of ether oxygens (including phenoxy) is 2. The Balaban J connectivity index is 1.98. The molecule has 0 spiro atoms. The lowest BCUT2D eigenvalue weighted by molar-refractivity contribution is -0.132. The number of anilines is 1. The summed E-state index contributed by atoms with van der Waals surface area (Å²) in [6.07, 6.45) is -0.0676. The van der Waals surface area contributed by atoms with Gasteiger partial charge in [0.25, 0.3) is 11.7 Å². The van der Waals surface area contributed by atoms with Crippen molar-refractivity contribution in [1.29, 1.82) is 0 Å². The van der Waals surface area contributed by atoms with Gasteiger partial charge >= 0.3 is 0 Å². The number of nitrogens with zero attached hydrogens (tertiary/aromatic N) is 1. The number of carbonyl (C=O) groups excluding carboxylic acids is 2. The van der Waals surface area contributed by atoms with Gasteiger partial charge in [-0.1, -0.05) is 29.8 Å². The highest BCUT2D eigenvalue weighted by Gasteiger charge is 2.47. The first-order chi connectivity index (χ1) is 17.1. The van der Waals surface area contributed by atoms with Crippen LogP contribution in [0.4, 0.5) is 5.69 Å². The zero-order chi connectivity index (χ0) is 26.1. The average molecular weight is 506 g/mol. The lowest BCUT2D eigenvalue weighted by atomic mass is 9.94. The fraction of sp³-hybridized carbons (Fsp3) is 0.241. The molecule has 0 aliphatic carbocycles. The Morgan fingerprint density at radius 3 is 2.39 bits per heavy atom. The fourth-order valence-electron chi connectivity index (χ4n) is 4.28. The van der Waals surface area contributed by atoms with Gasteiger partial charge in [-0.2, -0.15) is 0 Å². The van der Waals surface area contributed by atoms with E-state index in [1.54, 1.807) is 36.4 Å². The molecule has 3 aromatic rings. The van der Waals surface area contributed by atoms with Gasteiger partial charge in [-0.15, -0.1) is 0 Å².